The summed E-state index contributed by atoms with van der Waals surface area (Å²) >= 11 is 0. The van der Waals surface area contributed by atoms with Gasteiger partial charge in [0.2, 0.25) is 0 Å². The topological polar surface area (TPSA) is 68.9 Å². The molecule has 106 valence electrons. The van der Waals surface area contributed by atoms with Crippen molar-refractivity contribution in [1.82, 2.24) is 9.97 Å². The number of carbonyl (C=O) groups is 1. The molecule has 0 aliphatic heterocycles. The van der Waals surface area contributed by atoms with Crippen LogP contribution < -0.4 is 5.73 Å². The second-order valence-electron chi connectivity index (χ2n) is 5.59. The van der Waals surface area contributed by atoms with E-state index in [0.717, 1.165) is 11.6 Å². The summed E-state index contributed by atoms with van der Waals surface area (Å²) < 4.78 is 0. The molecule has 0 spiro atoms. The standard InChI is InChI=1S/C8H11N3O.C7H14/c1-5(2)6-3-11-7(4-10-6)8(9)12;1-7-5-3-2-4-6-7/h3-5H,1-2H3,(H2,9,12);7H,2-6H2,1H3. The summed E-state index contributed by atoms with van der Waals surface area (Å²) in [6.07, 6.45) is 10.4. The van der Waals surface area contributed by atoms with Gasteiger partial charge in [0, 0.05) is 6.20 Å². The summed E-state index contributed by atoms with van der Waals surface area (Å²) in [5.41, 5.74) is 6.07. The molecule has 1 saturated carbocycles. The minimum Gasteiger partial charge on any atom is -0.364 e. The summed E-state index contributed by atoms with van der Waals surface area (Å²) in [5.74, 6) is 0.811. The van der Waals surface area contributed by atoms with E-state index in [1.165, 1.54) is 38.3 Å². The molecule has 19 heavy (non-hydrogen) atoms. The van der Waals surface area contributed by atoms with Crippen LogP contribution in [-0.2, 0) is 0 Å². The Bertz CT molecular complexity index is 381. The fourth-order valence-electron chi connectivity index (χ4n) is 2.07. The fraction of sp³-hybridized carbons (Fsp3) is 0.667. The lowest BCUT2D eigenvalue weighted by Gasteiger charge is -2.15. The molecule has 1 aliphatic carbocycles. The van der Waals surface area contributed by atoms with Gasteiger partial charge in [0.25, 0.3) is 5.91 Å². The Balaban J connectivity index is 0.000000218. The van der Waals surface area contributed by atoms with Gasteiger partial charge in [-0.25, -0.2) is 4.98 Å². The first-order valence-electron chi connectivity index (χ1n) is 7.12. The highest BCUT2D eigenvalue weighted by Crippen LogP contribution is 2.22. The van der Waals surface area contributed by atoms with Crippen molar-refractivity contribution in [3.63, 3.8) is 0 Å². The van der Waals surface area contributed by atoms with Gasteiger partial charge in [0.15, 0.2) is 0 Å². The van der Waals surface area contributed by atoms with Crippen LogP contribution >= 0.6 is 0 Å². The predicted octanol–water partition coefficient (Wildman–Crippen LogP) is 3.29. The van der Waals surface area contributed by atoms with Crippen molar-refractivity contribution in [2.75, 3.05) is 0 Å². The van der Waals surface area contributed by atoms with Crippen LogP contribution in [0.25, 0.3) is 0 Å². The molecule has 2 N–H and O–H groups in total. The summed E-state index contributed by atoms with van der Waals surface area (Å²) in [7, 11) is 0. The molecule has 1 heterocycles. The second kappa shape index (κ2) is 7.87. The third-order valence-electron chi connectivity index (χ3n) is 3.41. The van der Waals surface area contributed by atoms with E-state index in [1.54, 1.807) is 6.20 Å². The van der Waals surface area contributed by atoms with Crippen LogP contribution in [0.3, 0.4) is 0 Å². The van der Waals surface area contributed by atoms with Crippen molar-refractivity contribution in [2.24, 2.45) is 11.7 Å². The second-order valence-corrected chi connectivity index (χ2v) is 5.59. The first kappa shape index (κ1) is 15.6. The summed E-state index contributed by atoms with van der Waals surface area (Å²) in [4.78, 5) is 18.5. The van der Waals surface area contributed by atoms with E-state index in [-0.39, 0.29) is 5.69 Å². The van der Waals surface area contributed by atoms with E-state index in [9.17, 15) is 4.79 Å². The molecule has 1 fully saturated rings. The lowest BCUT2D eigenvalue weighted by atomic mass is 9.91. The van der Waals surface area contributed by atoms with Crippen molar-refractivity contribution in [2.45, 2.75) is 58.8 Å². The molecule has 1 aromatic rings. The summed E-state index contributed by atoms with van der Waals surface area (Å²) in [5, 5.41) is 0. The van der Waals surface area contributed by atoms with Gasteiger partial charge in [-0.15, -0.1) is 0 Å². The number of aromatic nitrogens is 2. The highest BCUT2D eigenvalue weighted by molar-refractivity contribution is 5.90. The fourth-order valence-corrected chi connectivity index (χ4v) is 2.07. The van der Waals surface area contributed by atoms with Gasteiger partial charge in [0.1, 0.15) is 5.69 Å². The van der Waals surface area contributed by atoms with Gasteiger partial charge in [-0.05, 0) is 11.8 Å². The average Bonchev–Trinajstić information content (AvgIpc) is 2.40. The minimum absolute atomic E-state index is 0.208. The van der Waals surface area contributed by atoms with Crippen LogP contribution in [0.5, 0.6) is 0 Å². The molecule has 1 amide bonds. The molecule has 0 saturated heterocycles. The zero-order chi connectivity index (χ0) is 14.3. The van der Waals surface area contributed by atoms with E-state index >= 15 is 0 Å². The van der Waals surface area contributed by atoms with Gasteiger partial charge in [-0.1, -0.05) is 52.9 Å². The molecule has 4 heteroatoms. The van der Waals surface area contributed by atoms with Crippen LogP contribution in [0, 0.1) is 5.92 Å². The molecular formula is C15H25N3O. The zero-order valence-corrected chi connectivity index (χ0v) is 12.2. The Morgan fingerprint density at radius 3 is 2.16 bits per heavy atom. The quantitative estimate of drug-likeness (QED) is 0.890. The molecule has 4 nitrogen and oxygen atoms in total. The molecular weight excluding hydrogens is 238 g/mol. The van der Waals surface area contributed by atoms with Crippen molar-refractivity contribution in [3.8, 4) is 0 Å². The molecule has 2 rings (SSSR count). The highest BCUT2D eigenvalue weighted by Gasteiger charge is 2.06. The van der Waals surface area contributed by atoms with Crippen LogP contribution in [0.2, 0.25) is 0 Å². The largest absolute Gasteiger partial charge is 0.364 e. The number of nitrogens with two attached hydrogens (primary N) is 1. The van der Waals surface area contributed by atoms with Gasteiger partial charge in [-0.3, -0.25) is 9.78 Å². The van der Waals surface area contributed by atoms with Crippen molar-refractivity contribution < 1.29 is 4.79 Å². The van der Waals surface area contributed by atoms with Gasteiger partial charge in [-0.2, -0.15) is 0 Å². The van der Waals surface area contributed by atoms with Crippen molar-refractivity contribution in [3.05, 3.63) is 23.8 Å². The average molecular weight is 263 g/mol. The van der Waals surface area contributed by atoms with Gasteiger partial charge in [0.05, 0.1) is 11.9 Å². The lowest BCUT2D eigenvalue weighted by molar-refractivity contribution is 0.0995. The molecule has 1 aliphatic rings. The normalized spacial score (nSPS) is 15.8. The monoisotopic (exact) mass is 263 g/mol. The Morgan fingerprint density at radius 1 is 1.21 bits per heavy atom. The number of amides is 1. The van der Waals surface area contributed by atoms with E-state index in [4.69, 9.17) is 5.73 Å². The molecule has 1 aromatic heterocycles. The van der Waals surface area contributed by atoms with Crippen LogP contribution in [0.15, 0.2) is 12.4 Å². The maximum Gasteiger partial charge on any atom is 0.268 e. The maximum absolute atomic E-state index is 10.6. The Hall–Kier alpha value is -1.45. The van der Waals surface area contributed by atoms with Gasteiger partial charge < -0.3 is 5.73 Å². The van der Waals surface area contributed by atoms with E-state index < -0.39 is 5.91 Å². The molecule has 0 bridgehead atoms. The number of carbonyl (C=O) groups excluding carboxylic acids is 1. The number of hydrogen-bond donors (Lipinski definition) is 1. The Labute approximate surface area is 115 Å². The molecule has 0 radical (unpaired) electrons. The number of primary amides is 1. The minimum atomic E-state index is -0.544. The van der Waals surface area contributed by atoms with E-state index in [2.05, 4.69) is 16.9 Å². The van der Waals surface area contributed by atoms with E-state index in [1.807, 2.05) is 13.8 Å². The number of hydrogen-bond acceptors (Lipinski definition) is 3. The van der Waals surface area contributed by atoms with Crippen LogP contribution in [0.1, 0.15) is 75.0 Å². The SMILES string of the molecule is CC(C)c1cnc(C(N)=O)cn1.CC1CCCCC1. The first-order valence-corrected chi connectivity index (χ1v) is 7.12. The third kappa shape index (κ3) is 5.81. The van der Waals surface area contributed by atoms with Gasteiger partial charge >= 0.3 is 0 Å². The third-order valence-corrected chi connectivity index (χ3v) is 3.41. The summed E-state index contributed by atoms with van der Waals surface area (Å²) in [6, 6.07) is 0. The first-order chi connectivity index (χ1) is 9.00. The smallest absolute Gasteiger partial charge is 0.268 e. The summed E-state index contributed by atoms with van der Waals surface area (Å²) in [6.45, 7) is 6.38. The van der Waals surface area contributed by atoms with Crippen molar-refractivity contribution in [1.29, 1.82) is 0 Å². The molecule has 0 aromatic carbocycles. The number of rotatable bonds is 2. The number of nitrogens with zero attached hydrogens (tertiary/aromatic N) is 2. The van der Waals surface area contributed by atoms with Crippen molar-refractivity contribution >= 4 is 5.91 Å². The Kier molecular flexibility index (Phi) is 6.46. The maximum atomic E-state index is 10.6. The predicted molar refractivity (Wildman–Crippen MR) is 76.9 cm³/mol. The van der Waals surface area contributed by atoms with Crippen LogP contribution in [-0.4, -0.2) is 15.9 Å². The highest BCUT2D eigenvalue weighted by atomic mass is 16.1. The lowest BCUT2D eigenvalue weighted by Crippen LogP contribution is -2.13. The Morgan fingerprint density at radius 2 is 1.84 bits per heavy atom. The van der Waals surface area contributed by atoms with Crippen LogP contribution in [0.4, 0.5) is 0 Å². The molecule has 0 unspecified atom stereocenters. The zero-order valence-electron chi connectivity index (χ0n) is 12.2. The van der Waals surface area contributed by atoms with E-state index in [0.29, 0.717) is 5.92 Å². The molecule has 0 atom stereocenters.